The summed E-state index contributed by atoms with van der Waals surface area (Å²) in [5.74, 6) is -1.83. The standard InChI is InChI=1S/C32H51F3O5S/c1-2-3-4-5-6-10-13-18-23-40-29-25-27(24-28(29)31(36)37)41(38,39)30-21-16-15-20-26(30)19-14-11-8-7-9-12-17-22-32(33,34)35/h15-16,20-21,27-29H,2-14,17-19,22-25H2,1H3,(H,36,37)/t27-,28-,29-/m1/s1. The average molecular weight is 605 g/mol. The van der Waals surface area contributed by atoms with Gasteiger partial charge >= 0.3 is 12.1 Å². The Morgan fingerprint density at radius 3 is 2.02 bits per heavy atom. The molecule has 9 heteroatoms. The van der Waals surface area contributed by atoms with Gasteiger partial charge < -0.3 is 9.84 Å². The van der Waals surface area contributed by atoms with Crippen LogP contribution in [0, 0.1) is 5.92 Å². The first-order valence-corrected chi connectivity index (χ1v) is 17.3. The molecule has 0 amide bonds. The number of carbonyl (C=O) groups is 1. The van der Waals surface area contributed by atoms with Crippen molar-refractivity contribution in [2.75, 3.05) is 6.61 Å². The summed E-state index contributed by atoms with van der Waals surface area (Å²) in [7, 11) is -3.72. The Morgan fingerprint density at radius 2 is 1.41 bits per heavy atom. The molecule has 0 aliphatic heterocycles. The normalized spacial score (nSPS) is 19.6. The van der Waals surface area contributed by atoms with Gasteiger partial charge in [-0.2, -0.15) is 13.2 Å². The molecule has 0 saturated heterocycles. The quantitative estimate of drug-likeness (QED) is 0.134. The van der Waals surface area contributed by atoms with E-state index in [1.165, 1.54) is 32.1 Å². The van der Waals surface area contributed by atoms with Crippen molar-refractivity contribution < 1.29 is 36.2 Å². The van der Waals surface area contributed by atoms with E-state index < -0.39 is 45.7 Å². The minimum Gasteiger partial charge on any atom is -0.481 e. The highest BCUT2D eigenvalue weighted by Crippen LogP contribution is 2.37. The highest BCUT2D eigenvalue weighted by Gasteiger charge is 2.45. The van der Waals surface area contributed by atoms with Crippen LogP contribution in [0.25, 0.3) is 0 Å². The van der Waals surface area contributed by atoms with Gasteiger partial charge in [-0.1, -0.05) is 102 Å². The summed E-state index contributed by atoms with van der Waals surface area (Å²) < 4.78 is 70.0. The van der Waals surface area contributed by atoms with Crippen molar-refractivity contribution in [3.8, 4) is 0 Å². The monoisotopic (exact) mass is 604 g/mol. The zero-order valence-electron chi connectivity index (χ0n) is 24.8. The molecule has 236 valence electrons. The minimum absolute atomic E-state index is 0.0580. The van der Waals surface area contributed by atoms with Gasteiger partial charge in [0, 0.05) is 13.0 Å². The second-order valence-corrected chi connectivity index (χ2v) is 13.9. The molecule has 1 aliphatic rings. The Kier molecular flexibility index (Phi) is 16.3. The molecular weight excluding hydrogens is 553 g/mol. The van der Waals surface area contributed by atoms with Gasteiger partial charge in [-0.3, -0.25) is 4.79 Å². The van der Waals surface area contributed by atoms with Crippen LogP contribution in [0.15, 0.2) is 29.2 Å². The van der Waals surface area contributed by atoms with Gasteiger partial charge in [0.05, 0.1) is 22.2 Å². The lowest BCUT2D eigenvalue weighted by molar-refractivity contribution is -0.146. The van der Waals surface area contributed by atoms with Crippen LogP contribution >= 0.6 is 0 Å². The molecule has 3 atom stereocenters. The zero-order valence-corrected chi connectivity index (χ0v) is 25.6. The third kappa shape index (κ3) is 13.5. The molecule has 1 saturated carbocycles. The summed E-state index contributed by atoms with van der Waals surface area (Å²) in [6.07, 6.45) is 9.64. The van der Waals surface area contributed by atoms with Crippen LogP contribution in [-0.2, 0) is 25.8 Å². The number of alkyl halides is 3. The third-order valence-electron chi connectivity index (χ3n) is 8.23. The summed E-state index contributed by atoms with van der Waals surface area (Å²) in [5.41, 5.74) is 0.743. The van der Waals surface area contributed by atoms with Gasteiger partial charge in [0.2, 0.25) is 0 Å². The SMILES string of the molecule is CCCCCCCCCCO[C@@H]1C[C@H](S(=O)(=O)c2ccccc2CCCCCCCCCC(F)(F)F)C[C@H]1C(=O)O. The molecule has 41 heavy (non-hydrogen) atoms. The maximum atomic E-state index is 13.7. The van der Waals surface area contributed by atoms with Crippen molar-refractivity contribution in [3.63, 3.8) is 0 Å². The largest absolute Gasteiger partial charge is 0.481 e. The third-order valence-corrected chi connectivity index (χ3v) is 10.5. The molecule has 1 N–H and O–H groups in total. The van der Waals surface area contributed by atoms with Gasteiger partial charge in [0.15, 0.2) is 9.84 Å². The molecule has 5 nitrogen and oxygen atoms in total. The number of hydrogen-bond donors (Lipinski definition) is 1. The molecule has 1 aromatic carbocycles. The topological polar surface area (TPSA) is 80.7 Å². The fraction of sp³-hybridized carbons (Fsp3) is 0.781. The first-order valence-electron chi connectivity index (χ1n) is 15.8. The van der Waals surface area contributed by atoms with Crippen molar-refractivity contribution in [3.05, 3.63) is 29.8 Å². The number of unbranched alkanes of at least 4 members (excludes halogenated alkanes) is 13. The molecule has 0 unspecified atom stereocenters. The molecule has 0 spiro atoms. The van der Waals surface area contributed by atoms with Crippen LogP contribution < -0.4 is 0 Å². The molecular formula is C32H51F3O5S. The molecule has 0 bridgehead atoms. The number of carboxylic acids is 1. The predicted molar refractivity (Wildman–Crippen MR) is 157 cm³/mol. The van der Waals surface area contributed by atoms with Gasteiger partial charge in [0.25, 0.3) is 0 Å². The second kappa shape index (κ2) is 18.8. The van der Waals surface area contributed by atoms with E-state index in [-0.39, 0.29) is 24.2 Å². The maximum Gasteiger partial charge on any atom is 0.389 e. The molecule has 1 aliphatic carbocycles. The number of aliphatic carboxylic acids is 1. The fourth-order valence-corrected chi connectivity index (χ4v) is 7.88. The predicted octanol–water partition coefficient (Wildman–Crippen LogP) is 9.08. The van der Waals surface area contributed by atoms with Crippen LogP contribution in [0.1, 0.15) is 128 Å². The Morgan fingerprint density at radius 1 is 0.854 bits per heavy atom. The highest BCUT2D eigenvalue weighted by atomic mass is 32.2. The lowest BCUT2D eigenvalue weighted by Crippen LogP contribution is -2.25. The van der Waals surface area contributed by atoms with Crippen LogP contribution in [0.5, 0.6) is 0 Å². The number of aryl methyl sites for hydroxylation is 1. The summed E-state index contributed by atoms with van der Waals surface area (Å²) in [6, 6.07) is 6.97. The zero-order chi connectivity index (χ0) is 30.1. The first-order chi connectivity index (χ1) is 19.6. The molecule has 0 heterocycles. The number of sulfone groups is 1. The first kappa shape index (κ1) is 35.6. The fourth-order valence-electron chi connectivity index (χ4n) is 5.81. The van der Waals surface area contributed by atoms with E-state index in [1.807, 2.05) is 12.1 Å². The van der Waals surface area contributed by atoms with Gasteiger partial charge in [-0.25, -0.2) is 8.42 Å². The van der Waals surface area contributed by atoms with E-state index in [2.05, 4.69) is 6.92 Å². The van der Waals surface area contributed by atoms with Gasteiger partial charge in [-0.15, -0.1) is 0 Å². The average Bonchev–Trinajstić information content (AvgIpc) is 3.36. The van der Waals surface area contributed by atoms with Crippen LogP contribution in [0.4, 0.5) is 13.2 Å². The molecule has 1 aromatic rings. The van der Waals surface area contributed by atoms with Crippen molar-refractivity contribution in [2.45, 2.75) is 151 Å². The Balaban J connectivity index is 1.81. The maximum absolute atomic E-state index is 13.7. The molecule has 2 rings (SSSR count). The van der Waals surface area contributed by atoms with E-state index >= 15 is 0 Å². The van der Waals surface area contributed by atoms with Gasteiger partial charge in [0.1, 0.15) is 0 Å². The number of benzene rings is 1. The second-order valence-electron chi connectivity index (χ2n) is 11.7. The Labute approximate surface area is 245 Å². The molecule has 0 aromatic heterocycles. The lowest BCUT2D eigenvalue weighted by atomic mass is 10.0. The van der Waals surface area contributed by atoms with Crippen molar-refractivity contribution in [2.24, 2.45) is 5.92 Å². The van der Waals surface area contributed by atoms with Crippen molar-refractivity contribution in [1.82, 2.24) is 0 Å². The molecule has 1 fully saturated rings. The number of halogens is 3. The van der Waals surface area contributed by atoms with E-state index in [9.17, 15) is 31.5 Å². The smallest absolute Gasteiger partial charge is 0.389 e. The number of ether oxygens (including phenoxy) is 1. The van der Waals surface area contributed by atoms with Crippen molar-refractivity contribution in [1.29, 1.82) is 0 Å². The number of carboxylic acid groups (broad SMARTS) is 1. The Hall–Kier alpha value is -1.61. The van der Waals surface area contributed by atoms with Crippen LogP contribution in [-0.4, -0.2) is 43.6 Å². The Bertz CT molecular complexity index is 980. The van der Waals surface area contributed by atoms with E-state index in [1.54, 1.807) is 12.1 Å². The van der Waals surface area contributed by atoms with Crippen LogP contribution in [0.2, 0.25) is 0 Å². The van der Waals surface area contributed by atoms with Crippen LogP contribution in [0.3, 0.4) is 0 Å². The minimum atomic E-state index is -4.08. The van der Waals surface area contributed by atoms with E-state index in [0.29, 0.717) is 19.4 Å². The van der Waals surface area contributed by atoms with E-state index in [4.69, 9.17) is 4.74 Å². The lowest BCUT2D eigenvalue weighted by Gasteiger charge is -2.17. The van der Waals surface area contributed by atoms with Gasteiger partial charge in [-0.05, 0) is 50.2 Å². The number of hydrogen-bond acceptors (Lipinski definition) is 4. The van der Waals surface area contributed by atoms with Crippen molar-refractivity contribution >= 4 is 15.8 Å². The summed E-state index contributed by atoms with van der Waals surface area (Å²) in [6.45, 7) is 2.65. The summed E-state index contributed by atoms with van der Waals surface area (Å²) >= 11 is 0. The molecule has 0 radical (unpaired) electrons. The van der Waals surface area contributed by atoms with E-state index in [0.717, 1.165) is 56.9 Å². The summed E-state index contributed by atoms with van der Waals surface area (Å²) in [5, 5.41) is 8.99. The number of rotatable bonds is 22. The summed E-state index contributed by atoms with van der Waals surface area (Å²) in [4.78, 5) is 12.2. The highest BCUT2D eigenvalue weighted by molar-refractivity contribution is 7.92.